The van der Waals surface area contributed by atoms with Crippen LogP contribution in [-0.2, 0) is 0 Å². The first-order chi connectivity index (χ1) is 9.33. The maximum atomic E-state index is 2.74. The lowest BCUT2D eigenvalue weighted by atomic mass is 9.58. The Morgan fingerprint density at radius 2 is 1.85 bits per heavy atom. The number of hydrogen-bond acceptors (Lipinski definition) is 1. The van der Waals surface area contributed by atoms with Crippen LogP contribution in [-0.4, -0.2) is 23.5 Å². The summed E-state index contributed by atoms with van der Waals surface area (Å²) < 4.78 is 0. The van der Waals surface area contributed by atoms with Gasteiger partial charge in [-0.25, -0.2) is 0 Å². The van der Waals surface area contributed by atoms with Gasteiger partial charge in [0.05, 0.1) is 0 Å². The van der Waals surface area contributed by atoms with Crippen LogP contribution in [0.4, 0.5) is 0 Å². The van der Waals surface area contributed by atoms with E-state index in [0.29, 0.717) is 17.4 Å². The first-order valence-electron chi connectivity index (χ1n) is 8.17. The van der Waals surface area contributed by atoms with Gasteiger partial charge in [0, 0.05) is 18.0 Å². The first-order valence-corrected chi connectivity index (χ1v) is 8.17. The molecule has 1 nitrogen and oxygen atoms in total. The van der Waals surface area contributed by atoms with Crippen molar-refractivity contribution in [1.82, 2.24) is 4.90 Å². The fourth-order valence-corrected chi connectivity index (χ4v) is 5.19. The number of hydrogen-bond donors (Lipinski definition) is 0. The predicted molar refractivity (Wildman–Crippen MR) is 86.4 cm³/mol. The van der Waals surface area contributed by atoms with Gasteiger partial charge in [-0.05, 0) is 76.1 Å². The maximum absolute atomic E-state index is 2.74. The van der Waals surface area contributed by atoms with Crippen LogP contribution in [0.5, 0.6) is 0 Å². The normalized spacial score (nSPS) is 40.1. The van der Waals surface area contributed by atoms with Crippen molar-refractivity contribution in [2.24, 2.45) is 5.41 Å². The van der Waals surface area contributed by atoms with E-state index in [9.17, 15) is 0 Å². The summed E-state index contributed by atoms with van der Waals surface area (Å²) in [6.45, 7) is 15.5. The Balaban J connectivity index is 2.10. The van der Waals surface area contributed by atoms with Gasteiger partial charge < -0.3 is 0 Å². The third kappa shape index (κ3) is 1.94. The quantitative estimate of drug-likeness (QED) is 0.722. The van der Waals surface area contributed by atoms with E-state index in [4.69, 9.17) is 0 Å². The molecule has 0 amide bonds. The lowest BCUT2D eigenvalue weighted by Gasteiger charge is -2.59. The van der Waals surface area contributed by atoms with Gasteiger partial charge in [0.2, 0.25) is 0 Å². The fourth-order valence-electron chi connectivity index (χ4n) is 5.19. The zero-order valence-corrected chi connectivity index (χ0v) is 14.0. The minimum Gasteiger partial charge on any atom is -0.297 e. The summed E-state index contributed by atoms with van der Waals surface area (Å²) in [4.78, 5) is 2.74. The Morgan fingerprint density at radius 1 is 1.15 bits per heavy atom. The summed E-state index contributed by atoms with van der Waals surface area (Å²) in [6.07, 6.45) is 2.72. The highest BCUT2D eigenvalue weighted by Crippen LogP contribution is 2.55. The number of fused-ring (bicyclic) bond motifs is 3. The van der Waals surface area contributed by atoms with E-state index in [1.807, 2.05) is 0 Å². The lowest BCUT2D eigenvalue weighted by molar-refractivity contribution is -0.0624. The molecule has 3 aliphatic heterocycles. The molecule has 20 heavy (non-hydrogen) atoms. The van der Waals surface area contributed by atoms with Crippen LogP contribution in [0.25, 0.3) is 0 Å². The Labute approximate surface area is 124 Å². The van der Waals surface area contributed by atoms with Gasteiger partial charge in [-0.15, -0.1) is 0 Å². The van der Waals surface area contributed by atoms with Gasteiger partial charge in [-0.1, -0.05) is 24.6 Å². The van der Waals surface area contributed by atoms with E-state index in [2.05, 4.69) is 58.6 Å². The van der Waals surface area contributed by atoms with Crippen molar-refractivity contribution in [3.63, 3.8) is 0 Å². The Morgan fingerprint density at radius 3 is 2.45 bits per heavy atom. The highest BCUT2D eigenvalue weighted by atomic mass is 15.2. The number of rotatable bonds is 1. The molecule has 3 heterocycles. The average Bonchev–Trinajstić information content (AvgIpc) is 2.33. The summed E-state index contributed by atoms with van der Waals surface area (Å²) in [5, 5.41) is 0. The zero-order valence-electron chi connectivity index (χ0n) is 14.0. The van der Waals surface area contributed by atoms with Crippen LogP contribution < -0.4 is 0 Å². The third-order valence-electron chi connectivity index (χ3n) is 6.21. The Hall–Kier alpha value is -0.820. The highest BCUT2D eigenvalue weighted by Gasteiger charge is 2.51. The molecule has 3 aliphatic rings. The van der Waals surface area contributed by atoms with Gasteiger partial charge in [-0.2, -0.15) is 0 Å². The molecule has 5 unspecified atom stereocenters. The molecule has 0 aliphatic carbocycles. The van der Waals surface area contributed by atoms with E-state index < -0.39 is 0 Å². The van der Waals surface area contributed by atoms with Gasteiger partial charge in [0.1, 0.15) is 0 Å². The SMILES string of the molecule is Cc1cc(C)c(C)c(C2C(C)N3CCC2(C)CC3C)c1. The first kappa shape index (κ1) is 14.1. The molecule has 0 aromatic heterocycles. The number of benzene rings is 1. The standard InChI is InChI=1S/C19H29N/c1-12-9-13(2)15(4)17(10-12)18-16(5)20-8-7-19(18,6)11-14(20)3/h9-10,14,16,18H,7-8,11H2,1-6H3. The van der Waals surface area contributed by atoms with Crippen molar-refractivity contribution in [2.75, 3.05) is 6.54 Å². The second-order valence-electron chi connectivity index (χ2n) is 7.71. The molecular formula is C19H29N. The van der Waals surface area contributed by atoms with Crippen LogP contribution in [0.1, 0.15) is 61.8 Å². The van der Waals surface area contributed by atoms with Gasteiger partial charge >= 0.3 is 0 Å². The number of nitrogens with zero attached hydrogens (tertiary/aromatic N) is 1. The van der Waals surface area contributed by atoms with E-state index in [-0.39, 0.29) is 0 Å². The molecule has 0 radical (unpaired) electrons. The van der Waals surface area contributed by atoms with Crippen LogP contribution in [0.3, 0.4) is 0 Å². The van der Waals surface area contributed by atoms with Crippen LogP contribution in [0.2, 0.25) is 0 Å². The fraction of sp³-hybridized carbons (Fsp3) is 0.684. The van der Waals surface area contributed by atoms with Crippen LogP contribution in [0.15, 0.2) is 12.1 Å². The van der Waals surface area contributed by atoms with Gasteiger partial charge in [0.15, 0.2) is 0 Å². The van der Waals surface area contributed by atoms with E-state index in [1.165, 1.54) is 36.1 Å². The van der Waals surface area contributed by atoms with Crippen LogP contribution >= 0.6 is 0 Å². The van der Waals surface area contributed by atoms with E-state index in [1.54, 1.807) is 5.56 Å². The molecular weight excluding hydrogens is 242 g/mol. The summed E-state index contributed by atoms with van der Waals surface area (Å²) in [7, 11) is 0. The minimum atomic E-state index is 0.485. The van der Waals surface area contributed by atoms with E-state index >= 15 is 0 Å². The predicted octanol–water partition coefficient (Wildman–Crippen LogP) is 4.59. The number of piperidine rings is 3. The van der Waals surface area contributed by atoms with Crippen molar-refractivity contribution in [2.45, 2.75) is 72.4 Å². The molecule has 1 heteroatoms. The molecule has 4 rings (SSSR count). The van der Waals surface area contributed by atoms with Crippen LogP contribution in [0, 0.1) is 26.2 Å². The van der Waals surface area contributed by atoms with E-state index in [0.717, 1.165) is 6.04 Å². The Bertz CT molecular complexity index is 533. The lowest BCUT2D eigenvalue weighted by Crippen LogP contribution is -2.60. The van der Waals surface area contributed by atoms with Gasteiger partial charge in [0.25, 0.3) is 0 Å². The van der Waals surface area contributed by atoms with Crippen molar-refractivity contribution in [3.05, 3.63) is 34.4 Å². The van der Waals surface area contributed by atoms with Crippen molar-refractivity contribution in [1.29, 1.82) is 0 Å². The summed E-state index contributed by atoms with van der Waals surface area (Å²) in [5.74, 6) is 0.700. The molecule has 1 aromatic rings. The third-order valence-corrected chi connectivity index (χ3v) is 6.21. The molecule has 2 bridgehead atoms. The summed E-state index contributed by atoms with van der Waals surface area (Å²) >= 11 is 0. The second kappa shape index (κ2) is 4.59. The molecule has 3 saturated heterocycles. The monoisotopic (exact) mass is 271 g/mol. The van der Waals surface area contributed by atoms with Crippen molar-refractivity contribution < 1.29 is 0 Å². The molecule has 5 atom stereocenters. The Kier molecular flexibility index (Phi) is 3.25. The molecule has 110 valence electrons. The summed E-state index contributed by atoms with van der Waals surface area (Å²) in [6, 6.07) is 6.22. The molecule has 0 spiro atoms. The molecule has 0 N–H and O–H groups in total. The van der Waals surface area contributed by atoms with Gasteiger partial charge in [-0.3, -0.25) is 4.90 Å². The zero-order chi connectivity index (χ0) is 14.7. The summed E-state index contributed by atoms with van der Waals surface area (Å²) in [5.41, 5.74) is 6.51. The maximum Gasteiger partial charge on any atom is 0.0144 e. The topological polar surface area (TPSA) is 3.24 Å². The number of aryl methyl sites for hydroxylation is 2. The smallest absolute Gasteiger partial charge is 0.0144 e. The molecule has 1 aromatic carbocycles. The average molecular weight is 271 g/mol. The largest absolute Gasteiger partial charge is 0.297 e. The minimum absolute atomic E-state index is 0.485. The highest BCUT2D eigenvalue weighted by molar-refractivity contribution is 5.41. The molecule has 3 fully saturated rings. The second-order valence-corrected chi connectivity index (χ2v) is 7.71. The van der Waals surface area contributed by atoms with Crippen molar-refractivity contribution >= 4 is 0 Å². The molecule has 0 saturated carbocycles. The van der Waals surface area contributed by atoms with Crippen molar-refractivity contribution in [3.8, 4) is 0 Å².